The van der Waals surface area contributed by atoms with E-state index >= 15 is 0 Å². The maximum atomic E-state index is 12.1. The van der Waals surface area contributed by atoms with Crippen LogP contribution in [0.5, 0.6) is 0 Å². The van der Waals surface area contributed by atoms with Crippen LogP contribution < -0.4 is 10.6 Å². The molecule has 2 atom stereocenters. The molecule has 5 N–H and O–H groups in total. The number of aliphatic hydroxyl groups is 2. The minimum atomic E-state index is -1.45. The first-order valence-electron chi connectivity index (χ1n) is 9.80. The molecule has 9 nitrogen and oxygen atoms in total. The molecule has 1 unspecified atom stereocenters. The van der Waals surface area contributed by atoms with Gasteiger partial charge in [-0.15, -0.1) is 0 Å². The Morgan fingerprint density at radius 3 is 2.13 bits per heavy atom. The molecule has 2 aromatic carbocycles. The van der Waals surface area contributed by atoms with Gasteiger partial charge in [-0.2, -0.15) is 0 Å². The van der Waals surface area contributed by atoms with Crippen molar-refractivity contribution in [1.29, 1.82) is 0 Å². The van der Waals surface area contributed by atoms with Crippen molar-refractivity contribution in [3.05, 3.63) is 59.7 Å². The minimum absolute atomic E-state index is 0.0970. The number of carbonyl (C=O) groups is 3. The monoisotopic (exact) mass is 428 g/mol. The van der Waals surface area contributed by atoms with Gasteiger partial charge in [0, 0.05) is 12.5 Å². The number of rotatable bonds is 9. The van der Waals surface area contributed by atoms with Gasteiger partial charge in [0.05, 0.1) is 19.1 Å². The smallest absolute Gasteiger partial charge is 0.407 e. The zero-order valence-electron chi connectivity index (χ0n) is 16.7. The average molecular weight is 428 g/mol. The van der Waals surface area contributed by atoms with Crippen LogP contribution in [0.4, 0.5) is 4.79 Å². The van der Waals surface area contributed by atoms with E-state index in [0.717, 1.165) is 22.3 Å². The van der Waals surface area contributed by atoms with Gasteiger partial charge in [-0.1, -0.05) is 48.5 Å². The molecule has 0 saturated carbocycles. The van der Waals surface area contributed by atoms with Crippen molar-refractivity contribution in [2.24, 2.45) is 0 Å². The van der Waals surface area contributed by atoms with Gasteiger partial charge in [-0.05, 0) is 22.3 Å². The molecule has 0 aromatic heterocycles. The van der Waals surface area contributed by atoms with E-state index in [-0.39, 0.29) is 19.1 Å². The molecule has 3 rings (SSSR count). The Labute approximate surface area is 178 Å². The molecule has 9 heteroatoms. The number of carboxylic acid groups (broad SMARTS) is 1. The molecule has 0 aliphatic heterocycles. The van der Waals surface area contributed by atoms with Gasteiger partial charge in [0.2, 0.25) is 5.91 Å². The molecule has 1 aliphatic carbocycles. The fraction of sp³-hybridized carbons (Fsp3) is 0.318. The van der Waals surface area contributed by atoms with Crippen molar-refractivity contribution in [1.82, 2.24) is 10.6 Å². The van der Waals surface area contributed by atoms with Gasteiger partial charge >= 0.3 is 12.1 Å². The number of hydrogen-bond donors (Lipinski definition) is 5. The maximum absolute atomic E-state index is 12.1. The molecule has 2 amide bonds. The number of hydrogen-bond acceptors (Lipinski definition) is 6. The number of benzene rings is 2. The molecule has 0 bridgehead atoms. The van der Waals surface area contributed by atoms with Crippen molar-refractivity contribution in [2.45, 2.75) is 24.5 Å². The summed E-state index contributed by atoms with van der Waals surface area (Å²) in [5, 5.41) is 32.0. The summed E-state index contributed by atoms with van der Waals surface area (Å²) in [5.74, 6) is -2.24. The van der Waals surface area contributed by atoms with Crippen LogP contribution in [0.25, 0.3) is 11.1 Å². The second kappa shape index (κ2) is 10.1. The highest BCUT2D eigenvalue weighted by molar-refractivity contribution is 5.84. The maximum Gasteiger partial charge on any atom is 0.407 e. The SMILES string of the molecule is O=C(CC(O)CNC(=O)OCC1c2ccccc2-c2ccccc21)N[C@@H](CO)C(=O)O. The van der Waals surface area contributed by atoms with E-state index in [0.29, 0.717) is 0 Å². The molecule has 1 aliphatic rings. The van der Waals surface area contributed by atoms with Crippen LogP contribution in [-0.2, 0) is 14.3 Å². The third kappa shape index (κ3) is 5.39. The molecule has 0 fully saturated rings. The highest BCUT2D eigenvalue weighted by atomic mass is 16.5. The molecular weight excluding hydrogens is 404 g/mol. The normalized spacial score (nSPS) is 14.1. The van der Waals surface area contributed by atoms with Crippen LogP contribution in [0.1, 0.15) is 23.5 Å². The van der Waals surface area contributed by atoms with Crippen LogP contribution in [-0.4, -0.2) is 65.2 Å². The summed E-state index contributed by atoms with van der Waals surface area (Å²) in [4.78, 5) is 34.6. The summed E-state index contributed by atoms with van der Waals surface area (Å²) in [6.07, 6.45) is -2.42. The van der Waals surface area contributed by atoms with E-state index < -0.39 is 43.1 Å². The number of aliphatic carboxylic acids is 1. The summed E-state index contributed by atoms with van der Waals surface area (Å²) in [5.41, 5.74) is 4.36. The van der Waals surface area contributed by atoms with Crippen molar-refractivity contribution < 1.29 is 34.4 Å². The average Bonchev–Trinajstić information content (AvgIpc) is 3.08. The number of aliphatic hydroxyl groups excluding tert-OH is 2. The number of carbonyl (C=O) groups excluding carboxylic acids is 2. The number of ether oxygens (including phenoxy) is 1. The number of alkyl carbamates (subject to hydrolysis) is 1. The quantitative estimate of drug-likeness (QED) is 0.398. The summed E-state index contributed by atoms with van der Waals surface area (Å²) >= 11 is 0. The summed E-state index contributed by atoms with van der Waals surface area (Å²) in [6, 6.07) is 14.4. The first kappa shape index (κ1) is 22.3. The Morgan fingerprint density at radius 1 is 1.00 bits per heavy atom. The highest BCUT2D eigenvalue weighted by Gasteiger charge is 2.29. The Hall–Kier alpha value is -3.43. The minimum Gasteiger partial charge on any atom is -0.480 e. The Morgan fingerprint density at radius 2 is 1.58 bits per heavy atom. The van der Waals surface area contributed by atoms with E-state index in [4.69, 9.17) is 14.9 Å². The molecule has 31 heavy (non-hydrogen) atoms. The third-order valence-corrected chi connectivity index (χ3v) is 5.06. The zero-order chi connectivity index (χ0) is 22.4. The van der Waals surface area contributed by atoms with Gasteiger partial charge in [0.25, 0.3) is 0 Å². The van der Waals surface area contributed by atoms with Crippen molar-refractivity contribution >= 4 is 18.0 Å². The van der Waals surface area contributed by atoms with E-state index in [9.17, 15) is 19.5 Å². The molecular formula is C22H24N2O7. The molecule has 0 heterocycles. The predicted octanol–water partition coefficient (Wildman–Crippen LogP) is 0.838. The molecule has 0 spiro atoms. The van der Waals surface area contributed by atoms with Gasteiger partial charge < -0.3 is 30.7 Å². The molecule has 2 aromatic rings. The fourth-order valence-corrected chi connectivity index (χ4v) is 3.58. The lowest BCUT2D eigenvalue weighted by Crippen LogP contribution is -2.45. The van der Waals surface area contributed by atoms with Gasteiger partial charge in [0.1, 0.15) is 12.6 Å². The van der Waals surface area contributed by atoms with Crippen LogP contribution >= 0.6 is 0 Å². The molecule has 0 radical (unpaired) electrons. The van der Waals surface area contributed by atoms with Crippen LogP contribution in [0.15, 0.2) is 48.5 Å². The number of carboxylic acids is 1. The van der Waals surface area contributed by atoms with Gasteiger partial charge in [0.15, 0.2) is 0 Å². The van der Waals surface area contributed by atoms with Gasteiger partial charge in [-0.25, -0.2) is 9.59 Å². The highest BCUT2D eigenvalue weighted by Crippen LogP contribution is 2.44. The first-order valence-corrected chi connectivity index (χ1v) is 9.80. The number of fused-ring (bicyclic) bond motifs is 3. The second-order valence-corrected chi connectivity index (χ2v) is 7.21. The molecule has 0 saturated heterocycles. The lowest BCUT2D eigenvalue weighted by Gasteiger charge is -2.16. The van der Waals surface area contributed by atoms with E-state index in [1.807, 2.05) is 48.5 Å². The number of nitrogens with one attached hydrogen (secondary N) is 2. The van der Waals surface area contributed by atoms with Crippen LogP contribution in [0, 0.1) is 0 Å². The largest absolute Gasteiger partial charge is 0.480 e. The van der Waals surface area contributed by atoms with E-state index in [1.54, 1.807) is 0 Å². The summed E-state index contributed by atoms with van der Waals surface area (Å²) < 4.78 is 5.34. The lowest BCUT2D eigenvalue weighted by atomic mass is 9.98. The summed E-state index contributed by atoms with van der Waals surface area (Å²) in [6.45, 7) is -0.899. The van der Waals surface area contributed by atoms with Crippen LogP contribution in [0.3, 0.4) is 0 Å². The summed E-state index contributed by atoms with van der Waals surface area (Å²) in [7, 11) is 0. The fourth-order valence-electron chi connectivity index (χ4n) is 3.58. The third-order valence-electron chi connectivity index (χ3n) is 5.06. The van der Waals surface area contributed by atoms with Crippen LogP contribution in [0.2, 0.25) is 0 Å². The topological polar surface area (TPSA) is 145 Å². The zero-order valence-corrected chi connectivity index (χ0v) is 16.7. The van der Waals surface area contributed by atoms with Gasteiger partial charge in [-0.3, -0.25) is 4.79 Å². The van der Waals surface area contributed by atoms with E-state index in [1.165, 1.54) is 0 Å². The predicted molar refractivity (Wildman–Crippen MR) is 110 cm³/mol. The second-order valence-electron chi connectivity index (χ2n) is 7.21. The van der Waals surface area contributed by atoms with E-state index in [2.05, 4.69) is 10.6 Å². The standard InChI is InChI=1S/C22H24N2O7/c25-11-19(21(28)29)24-20(27)9-13(26)10-23-22(30)31-12-18-16-7-3-1-5-14(16)15-6-2-4-8-17(15)18/h1-8,13,18-19,25-26H,9-12H2,(H,23,30)(H,24,27)(H,28,29)/t13?,19-/m0/s1. The number of amides is 2. The first-order chi connectivity index (χ1) is 14.9. The van der Waals surface area contributed by atoms with Crippen molar-refractivity contribution in [2.75, 3.05) is 19.8 Å². The Kier molecular flexibility index (Phi) is 7.22. The van der Waals surface area contributed by atoms with Crippen molar-refractivity contribution in [3.8, 4) is 11.1 Å². The Balaban J connectivity index is 1.48. The lowest BCUT2D eigenvalue weighted by molar-refractivity contribution is -0.143. The Bertz CT molecular complexity index is 917. The van der Waals surface area contributed by atoms with Crippen molar-refractivity contribution in [3.63, 3.8) is 0 Å². The molecule has 164 valence electrons.